The highest BCUT2D eigenvalue weighted by Gasteiger charge is 2.26. The summed E-state index contributed by atoms with van der Waals surface area (Å²) in [5, 5.41) is 14.9. The second kappa shape index (κ2) is 6.04. The lowest BCUT2D eigenvalue weighted by Gasteiger charge is -2.16. The maximum Gasteiger partial charge on any atom is 0.346 e. The van der Waals surface area contributed by atoms with Gasteiger partial charge in [0, 0.05) is 16.7 Å². The number of anilines is 1. The van der Waals surface area contributed by atoms with Crippen molar-refractivity contribution in [2.75, 3.05) is 12.4 Å². The van der Waals surface area contributed by atoms with Crippen LogP contribution in [0.1, 0.15) is 16.2 Å². The van der Waals surface area contributed by atoms with Gasteiger partial charge in [-0.25, -0.2) is 0 Å². The van der Waals surface area contributed by atoms with Crippen molar-refractivity contribution in [3.05, 3.63) is 70.0 Å². The van der Waals surface area contributed by atoms with Crippen LogP contribution in [0, 0.1) is 17.0 Å². The molecule has 0 spiro atoms. The van der Waals surface area contributed by atoms with Crippen LogP contribution in [-0.4, -0.2) is 17.7 Å². The second-order valence-corrected chi connectivity index (χ2v) is 5.19. The Labute approximate surface area is 137 Å². The Hall–Kier alpha value is -3.35. The average molecular weight is 325 g/mol. The Kier molecular flexibility index (Phi) is 3.91. The van der Waals surface area contributed by atoms with Crippen molar-refractivity contribution < 1.29 is 14.0 Å². The highest BCUT2D eigenvalue weighted by Crippen LogP contribution is 2.17. The Morgan fingerprint density at radius 2 is 1.83 bits per heavy atom. The first kappa shape index (κ1) is 15.5. The van der Waals surface area contributed by atoms with E-state index in [1.807, 2.05) is 0 Å². The predicted molar refractivity (Wildman–Crippen MR) is 89.8 cm³/mol. The van der Waals surface area contributed by atoms with Gasteiger partial charge in [0.15, 0.2) is 0 Å². The third-order valence-electron chi connectivity index (χ3n) is 3.73. The Morgan fingerprint density at radius 1 is 1.17 bits per heavy atom. The van der Waals surface area contributed by atoms with Crippen LogP contribution < -0.4 is 14.5 Å². The Bertz CT molecular complexity index is 978. The normalized spacial score (nSPS) is 10.6. The molecule has 0 radical (unpaired) electrons. The minimum Gasteiger partial charge on any atom is -0.805 e. The Balaban J connectivity index is 2.05. The fourth-order valence-corrected chi connectivity index (χ4v) is 2.47. The molecule has 0 saturated carbocycles. The van der Waals surface area contributed by atoms with Gasteiger partial charge in [-0.05, 0) is 37.3 Å². The molecule has 3 rings (SSSR count). The zero-order valence-electron chi connectivity index (χ0n) is 13.1. The van der Waals surface area contributed by atoms with Crippen molar-refractivity contribution in [1.82, 2.24) is 4.73 Å². The number of methoxy groups -OCH3 is 1. The molecule has 1 N–H and O–H groups in total. The third-order valence-corrected chi connectivity index (χ3v) is 3.73. The van der Waals surface area contributed by atoms with Crippen molar-refractivity contribution in [2.45, 2.75) is 6.92 Å². The van der Waals surface area contributed by atoms with E-state index in [-0.39, 0.29) is 22.4 Å². The number of benzene rings is 2. The van der Waals surface area contributed by atoms with Gasteiger partial charge in [-0.1, -0.05) is 12.1 Å². The first-order chi connectivity index (χ1) is 11.5. The summed E-state index contributed by atoms with van der Waals surface area (Å²) < 4.78 is 6.12. The molecular weight excluding hydrogens is 310 g/mol. The molecule has 0 fully saturated rings. The molecule has 0 aliphatic carbocycles. The molecule has 0 saturated heterocycles. The van der Waals surface area contributed by atoms with E-state index >= 15 is 0 Å². The van der Waals surface area contributed by atoms with Crippen LogP contribution in [0.15, 0.2) is 48.5 Å². The van der Waals surface area contributed by atoms with Gasteiger partial charge in [0.25, 0.3) is 5.52 Å². The molecule has 24 heavy (non-hydrogen) atoms. The first-order valence-corrected chi connectivity index (χ1v) is 7.22. The van der Waals surface area contributed by atoms with Crippen LogP contribution in [-0.2, 0) is 0 Å². The summed E-state index contributed by atoms with van der Waals surface area (Å²) in [4.78, 5) is 25.0. The minimum absolute atomic E-state index is 0.0368. The summed E-state index contributed by atoms with van der Waals surface area (Å²) >= 11 is 0. The van der Waals surface area contributed by atoms with E-state index in [2.05, 4.69) is 5.32 Å². The number of carbonyl (C=O) groups excluding carboxylic acids is 1. The fraction of sp³-hybridized carbons (Fsp3) is 0.118. The molecule has 0 unspecified atom stereocenters. The van der Waals surface area contributed by atoms with E-state index < -0.39 is 5.91 Å². The van der Waals surface area contributed by atoms with Crippen molar-refractivity contribution in [3.63, 3.8) is 0 Å². The quantitative estimate of drug-likeness (QED) is 0.749. The number of hydrogen-bond acceptors (Lipinski definition) is 4. The summed E-state index contributed by atoms with van der Waals surface area (Å²) in [5.41, 5.74) is 0.643. The van der Waals surface area contributed by atoms with Crippen LogP contribution in [0.5, 0.6) is 5.75 Å². The lowest BCUT2D eigenvalue weighted by molar-refractivity contribution is -0.468. The van der Waals surface area contributed by atoms with Gasteiger partial charge in [0.2, 0.25) is 0 Å². The summed E-state index contributed by atoms with van der Waals surface area (Å²) in [5.74, 6) is -0.00538. The van der Waals surface area contributed by atoms with Gasteiger partial charge >= 0.3 is 11.6 Å². The van der Waals surface area contributed by atoms with E-state index in [9.17, 15) is 14.9 Å². The number of carbonyl (C=O) groups is 1. The first-order valence-electron chi connectivity index (χ1n) is 7.22. The average Bonchev–Trinajstić information content (AvgIpc) is 2.60. The molecule has 1 aromatic heterocycles. The number of fused-ring (bicyclic) bond motifs is 1. The minimum atomic E-state index is -0.650. The highest BCUT2D eigenvalue weighted by atomic mass is 16.5. The molecule has 0 aliphatic heterocycles. The van der Waals surface area contributed by atoms with E-state index in [1.54, 1.807) is 43.5 Å². The number of rotatable bonds is 3. The summed E-state index contributed by atoms with van der Waals surface area (Å²) in [6, 6.07) is 13.0. The molecule has 0 bridgehead atoms. The van der Waals surface area contributed by atoms with Crippen molar-refractivity contribution >= 4 is 22.6 Å². The second-order valence-electron chi connectivity index (χ2n) is 5.19. The maximum atomic E-state index is 12.5. The number of ether oxygens (including phenoxy) is 1. The standard InChI is InChI=1S/C17H15N3O4/c1-11-16(17(21)18-12-7-9-13(24-2)10-8-12)20(23)15-6-4-3-5-14(15)19(11)22/h3-10H,1-2H3,(H,18,21). The van der Waals surface area contributed by atoms with E-state index in [1.165, 1.54) is 19.1 Å². The highest BCUT2D eigenvalue weighted by molar-refractivity contribution is 6.03. The van der Waals surface area contributed by atoms with E-state index in [0.29, 0.717) is 20.6 Å². The molecule has 0 atom stereocenters. The van der Waals surface area contributed by atoms with Gasteiger partial charge < -0.3 is 20.0 Å². The lowest BCUT2D eigenvalue weighted by Crippen LogP contribution is -2.33. The number of hydrogen-bond donors (Lipinski definition) is 1. The van der Waals surface area contributed by atoms with Gasteiger partial charge in [-0.3, -0.25) is 4.79 Å². The number of amides is 1. The molecule has 2 aromatic carbocycles. The molecule has 122 valence electrons. The summed E-state index contributed by atoms with van der Waals surface area (Å²) in [6.45, 7) is 1.44. The van der Waals surface area contributed by atoms with Gasteiger partial charge in [0.1, 0.15) is 11.3 Å². The van der Waals surface area contributed by atoms with Crippen molar-refractivity contribution in [3.8, 4) is 5.75 Å². The van der Waals surface area contributed by atoms with Gasteiger partial charge in [0.05, 0.1) is 17.2 Å². The number of nitrogens with one attached hydrogen (secondary N) is 1. The summed E-state index contributed by atoms with van der Waals surface area (Å²) in [7, 11) is 1.54. The van der Waals surface area contributed by atoms with E-state index in [0.717, 1.165) is 0 Å². The van der Waals surface area contributed by atoms with Crippen molar-refractivity contribution in [2.24, 2.45) is 0 Å². The lowest BCUT2D eigenvalue weighted by atomic mass is 10.2. The number of para-hydroxylation sites is 2. The summed E-state index contributed by atoms with van der Waals surface area (Å²) in [6.07, 6.45) is 0. The van der Waals surface area contributed by atoms with Crippen LogP contribution >= 0.6 is 0 Å². The Morgan fingerprint density at radius 3 is 2.50 bits per heavy atom. The SMILES string of the molecule is COc1ccc(NC(=O)c2c(C)n([O-])c3ccccc3[n+]2=O)cc1. The molecule has 1 heterocycles. The van der Waals surface area contributed by atoms with Gasteiger partial charge in [-0.2, -0.15) is 0 Å². The molecule has 0 aliphatic rings. The third kappa shape index (κ3) is 2.56. The monoisotopic (exact) mass is 325 g/mol. The molecule has 3 aromatic rings. The molecule has 7 heteroatoms. The van der Waals surface area contributed by atoms with Crippen LogP contribution in [0.4, 0.5) is 5.69 Å². The molecular formula is C17H15N3O4. The maximum absolute atomic E-state index is 12.5. The van der Waals surface area contributed by atoms with Crippen LogP contribution in [0.25, 0.3) is 11.0 Å². The smallest absolute Gasteiger partial charge is 0.346 e. The largest absolute Gasteiger partial charge is 0.805 e. The molecule has 1 amide bonds. The number of aromatic nitrogens is 2. The molecule has 7 nitrogen and oxygen atoms in total. The zero-order valence-corrected chi connectivity index (χ0v) is 13.1. The van der Waals surface area contributed by atoms with Crippen LogP contribution in [0.3, 0.4) is 0 Å². The van der Waals surface area contributed by atoms with E-state index in [4.69, 9.17) is 4.74 Å². The van der Waals surface area contributed by atoms with Crippen LogP contribution in [0.2, 0.25) is 0 Å². The predicted octanol–water partition coefficient (Wildman–Crippen LogP) is 2.47. The number of nitrogens with zero attached hydrogens (tertiary/aromatic N) is 2. The topological polar surface area (TPSA) is 89.3 Å². The van der Waals surface area contributed by atoms with Crippen molar-refractivity contribution in [1.29, 1.82) is 0 Å². The fourth-order valence-electron chi connectivity index (χ4n) is 2.47. The van der Waals surface area contributed by atoms with Gasteiger partial charge in [-0.15, -0.1) is 0 Å². The zero-order chi connectivity index (χ0) is 17.3.